The minimum Gasteiger partial charge on any atom is -0.496 e. The van der Waals surface area contributed by atoms with Crippen molar-refractivity contribution in [3.05, 3.63) is 53.3 Å². The average Bonchev–Trinajstić information content (AvgIpc) is 2.85. The van der Waals surface area contributed by atoms with E-state index in [1.807, 2.05) is 25.1 Å². The first-order valence-corrected chi connectivity index (χ1v) is 6.98. The number of benzene rings is 2. The van der Waals surface area contributed by atoms with Crippen molar-refractivity contribution in [2.45, 2.75) is 13.8 Å². The number of hydrogen-bond acceptors (Lipinski definition) is 2. The first kappa shape index (κ1) is 14.3. The van der Waals surface area contributed by atoms with E-state index < -0.39 is 0 Å². The van der Waals surface area contributed by atoms with Crippen molar-refractivity contribution in [1.82, 2.24) is 4.98 Å². The number of hydrogen-bond donors (Lipinski definition) is 1. The number of halogens is 1. The molecule has 1 aromatic heterocycles. The Kier molecular flexibility index (Phi) is 3.45. The van der Waals surface area contributed by atoms with Crippen molar-refractivity contribution in [2.75, 3.05) is 7.11 Å². The third kappa shape index (κ3) is 2.26. The van der Waals surface area contributed by atoms with E-state index in [1.165, 1.54) is 19.1 Å². The van der Waals surface area contributed by atoms with Crippen molar-refractivity contribution >= 4 is 16.7 Å². The molecule has 1 heterocycles. The molecule has 0 fully saturated rings. The Morgan fingerprint density at radius 3 is 2.59 bits per heavy atom. The van der Waals surface area contributed by atoms with Crippen LogP contribution < -0.4 is 4.74 Å². The molecule has 0 aliphatic carbocycles. The van der Waals surface area contributed by atoms with Gasteiger partial charge in [0.2, 0.25) is 0 Å². The molecule has 0 atom stereocenters. The number of nitrogens with one attached hydrogen (secondary N) is 1. The molecule has 112 valence electrons. The summed E-state index contributed by atoms with van der Waals surface area (Å²) in [5.41, 5.74) is 3.81. The predicted octanol–water partition coefficient (Wildman–Crippen LogP) is 4.49. The van der Waals surface area contributed by atoms with Gasteiger partial charge in [0.15, 0.2) is 5.78 Å². The molecular formula is C18H16FNO2. The zero-order valence-corrected chi connectivity index (χ0v) is 12.7. The van der Waals surface area contributed by atoms with Crippen LogP contribution >= 0.6 is 0 Å². The maximum absolute atomic E-state index is 13.5. The van der Waals surface area contributed by atoms with E-state index >= 15 is 0 Å². The second-order valence-corrected chi connectivity index (χ2v) is 5.31. The van der Waals surface area contributed by atoms with Crippen LogP contribution in [0.25, 0.3) is 22.2 Å². The Morgan fingerprint density at radius 1 is 1.18 bits per heavy atom. The Labute approximate surface area is 127 Å². The van der Waals surface area contributed by atoms with Crippen molar-refractivity contribution < 1.29 is 13.9 Å². The van der Waals surface area contributed by atoms with Gasteiger partial charge in [-0.15, -0.1) is 0 Å². The number of fused-ring (bicyclic) bond motifs is 1. The van der Waals surface area contributed by atoms with Gasteiger partial charge in [-0.1, -0.05) is 0 Å². The van der Waals surface area contributed by atoms with Crippen LogP contribution in [-0.4, -0.2) is 17.9 Å². The van der Waals surface area contributed by atoms with E-state index in [2.05, 4.69) is 4.98 Å². The lowest BCUT2D eigenvalue weighted by Crippen LogP contribution is -1.95. The highest BCUT2D eigenvalue weighted by Gasteiger charge is 2.17. The number of Topliss-reactive ketones (excluding diaryl/α,β-unsaturated/α-hetero) is 1. The third-order valence-electron chi connectivity index (χ3n) is 3.80. The molecule has 3 rings (SSSR count). The molecule has 0 aliphatic heterocycles. The predicted molar refractivity (Wildman–Crippen MR) is 85.0 cm³/mol. The van der Waals surface area contributed by atoms with Gasteiger partial charge in [-0.3, -0.25) is 4.79 Å². The first-order valence-electron chi connectivity index (χ1n) is 6.98. The van der Waals surface area contributed by atoms with Gasteiger partial charge < -0.3 is 9.72 Å². The van der Waals surface area contributed by atoms with Crippen LogP contribution in [0.15, 0.2) is 36.4 Å². The lowest BCUT2D eigenvalue weighted by Gasteiger charge is -2.07. The first-order chi connectivity index (χ1) is 10.5. The minimum atomic E-state index is -0.355. The number of carbonyl (C=O) groups is 1. The molecule has 0 saturated heterocycles. The zero-order valence-electron chi connectivity index (χ0n) is 12.7. The highest BCUT2D eigenvalue weighted by atomic mass is 19.1. The standard InChI is InChI=1S/C18H16FNO2/c1-10-8-12(4-7-16(10)22-3)18-17(11(2)21)14-9-13(19)5-6-15(14)20-18/h4-9,20H,1-3H3. The number of aromatic amines is 1. The molecule has 1 N–H and O–H groups in total. The van der Waals surface area contributed by atoms with E-state index in [9.17, 15) is 9.18 Å². The van der Waals surface area contributed by atoms with Gasteiger partial charge in [-0.25, -0.2) is 4.39 Å². The topological polar surface area (TPSA) is 42.1 Å². The van der Waals surface area contributed by atoms with Crippen molar-refractivity contribution in [1.29, 1.82) is 0 Å². The van der Waals surface area contributed by atoms with Crippen LogP contribution in [0, 0.1) is 12.7 Å². The summed E-state index contributed by atoms with van der Waals surface area (Å²) in [5, 5.41) is 0.607. The maximum atomic E-state index is 13.5. The number of rotatable bonds is 3. The smallest absolute Gasteiger partial charge is 0.162 e. The fraction of sp³-hybridized carbons (Fsp3) is 0.167. The highest BCUT2D eigenvalue weighted by molar-refractivity contribution is 6.12. The molecule has 0 radical (unpaired) electrons. The van der Waals surface area contributed by atoms with Gasteiger partial charge in [0.05, 0.1) is 18.4 Å². The molecule has 22 heavy (non-hydrogen) atoms. The lowest BCUT2D eigenvalue weighted by atomic mass is 10.0. The Morgan fingerprint density at radius 2 is 1.95 bits per heavy atom. The van der Waals surface area contributed by atoms with E-state index in [0.717, 1.165) is 22.4 Å². The quantitative estimate of drug-likeness (QED) is 0.723. The van der Waals surface area contributed by atoms with Crippen LogP contribution in [0.1, 0.15) is 22.8 Å². The van der Waals surface area contributed by atoms with Crippen LogP contribution in [0.3, 0.4) is 0 Å². The van der Waals surface area contributed by atoms with E-state index in [4.69, 9.17) is 4.74 Å². The molecular weight excluding hydrogens is 281 g/mol. The molecule has 2 aromatic carbocycles. The monoisotopic (exact) mass is 297 g/mol. The van der Waals surface area contributed by atoms with Gasteiger partial charge in [0, 0.05) is 10.9 Å². The minimum absolute atomic E-state index is 0.0969. The summed E-state index contributed by atoms with van der Waals surface area (Å²) in [6.07, 6.45) is 0. The van der Waals surface area contributed by atoms with Crippen molar-refractivity contribution in [3.8, 4) is 17.0 Å². The molecule has 0 aliphatic rings. The summed E-state index contributed by atoms with van der Waals surface area (Å²) in [6, 6.07) is 10.1. The summed E-state index contributed by atoms with van der Waals surface area (Å²) < 4.78 is 18.8. The Hall–Kier alpha value is -2.62. The fourth-order valence-corrected chi connectivity index (χ4v) is 2.78. The van der Waals surface area contributed by atoms with Crippen LogP contribution in [0.2, 0.25) is 0 Å². The van der Waals surface area contributed by atoms with Crippen molar-refractivity contribution in [3.63, 3.8) is 0 Å². The molecule has 3 aromatic rings. The van der Waals surface area contributed by atoms with Gasteiger partial charge >= 0.3 is 0 Å². The lowest BCUT2D eigenvalue weighted by molar-refractivity contribution is 0.102. The molecule has 0 saturated carbocycles. The molecule has 4 heteroatoms. The number of aryl methyl sites for hydroxylation is 1. The average molecular weight is 297 g/mol. The number of carbonyl (C=O) groups excluding carboxylic acids is 1. The van der Waals surface area contributed by atoms with Gasteiger partial charge in [0.1, 0.15) is 11.6 Å². The number of ketones is 1. The van der Waals surface area contributed by atoms with E-state index in [1.54, 1.807) is 13.2 Å². The summed E-state index contributed by atoms with van der Waals surface area (Å²) in [5.74, 6) is 0.335. The van der Waals surface area contributed by atoms with Crippen LogP contribution in [0.4, 0.5) is 4.39 Å². The largest absolute Gasteiger partial charge is 0.496 e. The molecule has 0 bridgehead atoms. The van der Waals surface area contributed by atoms with E-state index in [0.29, 0.717) is 16.6 Å². The summed E-state index contributed by atoms with van der Waals surface area (Å²) in [7, 11) is 1.62. The van der Waals surface area contributed by atoms with Crippen LogP contribution in [-0.2, 0) is 0 Å². The number of aromatic nitrogens is 1. The van der Waals surface area contributed by atoms with Gasteiger partial charge in [-0.2, -0.15) is 0 Å². The number of ether oxygens (including phenoxy) is 1. The van der Waals surface area contributed by atoms with Gasteiger partial charge in [-0.05, 0) is 61.4 Å². The Bertz CT molecular complexity index is 880. The summed E-state index contributed by atoms with van der Waals surface area (Å²) >= 11 is 0. The normalized spacial score (nSPS) is 10.9. The summed E-state index contributed by atoms with van der Waals surface area (Å²) in [6.45, 7) is 3.44. The highest BCUT2D eigenvalue weighted by Crippen LogP contribution is 2.33. The summed E-state index contributed by atoms with van der Waals surface area (Å²) in [4.78, 5) is 15.3. The fourth-order valence-electron chi connectivity index (χ4n) is 2.78. The zero-order chi connectivity index (χ0) is 15.9. The Balaban J connectivity index is 2.28. The van der Waals surface area contributed by atoms with Crippen molar-refractivity contribution in [2.24, 2.45) is 0 Å². The second-order valence-electron chi connectivity index (χ2n) is 5.31. The third-order valence-corrected chi connectivity index (χ3v) is 3.80. The molecule has 0 spiro atoms. The molecule has 0 unspecified atom stereocenters. The van der Waals surface area contributed by atoms with E-state index in [-0.39, 0.29) is 11.6 Å². The second kappa shape index (κ2) is 5.30. The number of H-pyrrole nitrogens is 1. The number of methoxy groups -OCH3 is 1. The van der Waals surface area contributed by atoms with Gasteiger partial charge in [0.25, 0.3) is 0 Å². The SMILES string of the molecule is COc1ccc(-c2[nH]c3ccc(F)cc3c2C(C)=O)cc1C. The maximum Gasteiger partial charge on any atom is 0.162 e. The van der Waals surface area contributed by atoms with Crippen LogP contribution in [0.5, 0.6) is 5.75 Å². The molecule has 0 amide bonds. The molecule has 3 nitrogen and oxygen atoms in total.